The monoisotopic (exact) mass is 414 g/mol. The summed E-state index contributed by atoms with van der Waals surface area (Å²) >= 11 is 12.6. The highest BCUT2D eigenvalue weighted by atomic mass is 35.5. The molecular weight excluding hydrogens is 395 g/mol. The highest BCUT2D eigenvalue weighted by Gasteiger charge is 2.19. The molecule has 0 unspecified atom stereocenters. The predicted molar refractivity (Wildman–Crippen MR) is 113 cm³/mol. The van der Waals surface area contributed by atoms with Crippen LogP contribution in [0.1, 0.15) is 23.3 Å². The molecule has 0 radical (unpaired) electrons. The molecule has 2 aromatic carbocycles. The molecule has 0 spiro atoms. The first kappa shape index (κ1) is 19.0. The number of hydrogen-bond acceptors (Lipinski definition) is 3. The van der Waals surface area contributed by atoms with Crippen LogP contribution in [0.5, 0.6) is 0 Å². The summed E-state index contributed by atoms with van der Waals surface area (Å²) in [6.45, 7) is 1.84. The van der Waals surface area contributed by atoms with Gasteiger partial charge in [0.25, 0.3) is 5.91 Å². The first-order valence-electron chi connectivity index (χ1n) is 9.23. The fourth-order valence-electron chi connectivity index (χ4n) is 3.43. The maximum atomic E-state index is 12.6. The van der Waals surface area contributed by atoms with Crippen molar-refractivity contribution in [3.63, 3.8) is 0 Å². The summed E-state index contributed by atoms with van der Waals surface area (Å²) in [6, 6.07) is 13.3. The molecular formula is C21H20Cl2N4O. The standard InChI is InChI=1S/C21H20Cl2N4O/c22-13-5-6-16(17(11-13)15-3-1-2-4-18(15)23)20-25-12-19(27-20)21(28)26-14-7-9-24-10-8-14/h1-6,11-12,14,24H,7-10H2,(H,25,27)(H,26,28). The summed E-state index contributed by atoms with van der Waals surface area (Å²) in [5, 5.41) is 7.58. The van der Waals surface area contributed by atoms with Gasteiger partial charge in [-0.2, -0.15) is 0 Å². The van der Waals surface area contributed by atoms with Crippen molar-refractivity contribution in [2.75, 3.05) is 13.1 Å². The molecule has 1 amide bonds. The van der Waals surface area contributed by atoms with E-state index in [4.69, 9.17) is 23.2 Å². The van der Waals surface area contributed by atoms with Crippen LogP contribution in [-0.4, -0.2) is 35.0 Å². The van der Waals surface area contributed by atoms with Crippen molar-refractivity contribution in [2.24, 2.45) is 0 Å². The van der Waals surface area contributed by atoms with E-state index in [1.807, 2.05) is 36.4 Å². The lowest BCUT2D eigenvalue weighted by Crippen LogP contribution is -2.42. The molecule has 0 bridgehead atoms. The molecule has 0 atom stereocenters. The fourth-order valence-corrected chi connectivity index (χ4v) is 3.84. The number of nitrogens with one attached hydrogen (secondary N) is 3. The van der Waals surface area contributed by atoms with E-state index in [9.17, 15) is 4.79 Å². The minimum atomic E-state index is -0.164. The Morgan fingerprint density at radius 3 is 2.61 bits per heavy atom. The molecule has 3 N–H and O–H groups in total. The van der Waals surface area contributed by atoms with E-state index >= 15 is 0 Å². The van der Waals surface area contributed by atoms with Crippen LogP contribution in [0.2, 0.25) is 10.0 Å². The first-order valence-corrected chi connectivity index (χ1v) is 9.99. The summed E-state index contributed by atoms with van der Waals surface area (Å²) < 4.78 is 0. The van der Waals surface area contributed by atoms with E-state index in [1.54, 1.807) is 12.3 Å². The number of halogens is 2. The average molecular weight is 415 g/mol. The Morgan fingerprint density at radius 2 is 1.82 bits per heavy atom. The number of H-pyrrole nitrogens is 1. The number of benzene rings is 2. The van der Waals surface area contributed by atoms with Crippen molar-refractivity contribution in [3.8, 4) is 22.5 Å². The summed E-state index contributed by atoms with van der Waals surface area (Å²) in [5.74, 6) is 0.435. The molecule has 0 saturated carbocycles. The second kappa shape index (κ2) is 8.35. The average Bonchev–Trinajstić information content (AvgIpc) is 3.19. The number of amides is 1. The van der Waals surface area contributed by atoms with Crippen LogP contribution >= 0.6 is 23.2 Å². The van der Waals surface area contributed by atoms with Crippen LogP contribution < -0.4 is 10.6 Å². The van der Waals surface area contributed by atoms with Gasteiger partial charge in [-0.3, -0.25) is 4.79 Å². The van der Waals surface area contributed by atoms with Crippen LogP contribution in [0.25, 0.3) is 22.5 Å². The zero-order chi connectivity index (χ0) is 19.5. The zero-order valence-corrected chi connectivity index (χ0v) is 16.6. The highest BCUT2D eigenvalue weighted by Crippen LogP contribution is 2.36. The van der Waals surface area contributed by atoms with Crippen LogP contribution in [0.4, 0.5) is 0 Å². The Labute approximate surface area is 173 Å². The van der Waals surface area contributed by atoms with Crippen molar-refractivity contribution in [2.45, 2.75) is 18.9 Å². The summed E-state index contributed by atoms with van der Waals surface area (Å²) in [6.07, 6.45) is 3.49. The molecule has 144 valence electrons. The van der Waals surface area contributed by atoms with E-state index in [0.29, 0.717) is 21.6 Å². The van der Waals surface area contributed by atoms with Gasteiger partial charge in [0.2, 0.25) is 0 Å². The van der Waals surface area contributed by atoms with Crippen LogP contribution in [0.15, 0.2) is 48.7 Å². The van der Waals surface area contributed by atoms with Crippen molar-refractivity contribution in [3.05, 3.63) is 64.4 Å². The minimum Gasteiger partial charge on any atom is -0.348 e. The van der Waals surface area contributed by atoms with Gasteiger partial charge in [0.15, 0.2) is 0 Å². The number of aromatic nitrogens is 2. The van der Waals surface area contributed by atoms with Gasteiger partial charge in [-0.1, -0.05) is 41.4 Å². The summed E-state index contributed by atoms with van der Waals surface area (Å²) in [5.41, 5.74) is 2.92. The summed E-state index contributed by atoms with van der Waals surface area (Å²) in [4.78, 5) is 20.2. The van der Waals surface area contributed by atoms with Gasteiger partial charge in [0, 0.05) is 33.4 Å². The lowest BCUT2D eigenvalue weighted by atomic mass is 9.99. The number of hydrogen-bond donors (Lipinski definition) is 3. The van der Waals surface area contributed by atoms with Crippen molar-refractivity contribution >= 4 is 29.1 Å². The zero-order valence-electron chi connectivity index (χ0n) is 15.1. The molecule has 1 aliphatic heterocycles. The smallest absolute Gasteiger partial charge is 0.271 e. The molecule has 4 rings (SSSR count). The molecule has 2 heterocycles. The van der Waals surface area contributed by atoms with Gasteiger partial charge >= 0.3 is 0 Å². The van der Waals surface area contributed by atoms with Gasteiger partial charge in [-0.25, -0.2) is 4.98 Å². The predicted octanol–water partition coefficient (Wildman–Crippen LogP) is 4.53. The Hall–Kier alpha value is -2.34. The molecule has 1 aromatic heterocycles. The summed E-state index contributed by atoms with van der Waals surface area (Å²) in [7, 11) is 0. The maximum absolute atomic E-state index is 12.6. The van der Waals surface area contributed by atoms with E-state index < -0.39 is 0 Å². The minimum absolute atomic E-state index is 0.164. The Bertz CT molecular complexity index is 996. The van der Waals surface area contributed by atoms with Gasteiger partial charge in [0.05, 0.1) is 0 Å². The second-order valence-electron chi connectivity index (χ2n) is 6.80. The first-order chi connectivity index (χ1) is 13.6. The Morgan fingerprint density at radius 1 is 1.04 bits per heavy atom. The van der Waals surface area contributed by atoms with Gasteiger partial charge in [-0.05, 0) is 55.8 Å². The van der Waals surface area contributed by atoms with E-state index in [0.717, 1.165) is 42.6 Å². The molecule has 3 aromatic rings. The van der Waals surface area contributed by atoms with Crippen molar-refractivity contribution < 1.29 is 4.79 Å². The fraction of sp³-hybridized carbons (Fsp3) is 0.238. The molecule has 28 heavy (non-hydrogen) atoms. The number of imidazole rings is 1. The van der Waals surface area contributed by atoms with Gasteiger partial charge in [0.1, 0.15) is 11.5 Å². The van der Waals surface area contributed by atoms with Crippen LogP contribution in [0.3, 0.4) is 0 Å². The number of carbonyl (C=O) groups is 1. The molecule has 1 fully saturated rings. The second-order valence-corrected chi connectivity index (χ2v) is 7.65. The highest BCUT2D eigenvalue weighted by molar-refractivity contribution is 6.34. The SMILES string of the molecule is O=C(NC1CCNCC1)c1c[nH]c(-c2ccc(Cl)cc2-c2ccccc2Cl)n1. The van der Waals surface area contributed by atoms with Gasteiger partial charge < -0.3 is 15.6 Å². The number of aromatic amines is 1. The largest absolute Gasteiger partial charge is 0.348 e. The quantitative estimate of drug-likeness (QED) is 0.586. The molecule has 1 saturated heterocycles. The van der Waals surface area contributed by atoms with Crippen molar-refractivity contribution in [1.82, 2.24) is 20.6 Å². The molecule has 1 aliphatic rings. The van der Waals surface area contributed by atoms with Crippen LogP contribution in [0, 0.1) is 0 Å². The van der Waals surface area contributed by atoms with Crippen LogP contribution in [-0.2, 0) is 0 Å². The topological polar surface area (TPSA) is 69.8 Å². The third kappa shape index (κ3) is 4.07. The molecule has 0 aliphatic carbocycles. The van der Waals surface area contributed by atoms with Gasteiger partial charge in [-0.15, -0.1) is 0 Å². The lowest BCUT2D eigenvalue weighted by molar-refractivity contribution is 0.0925. The normalized spacial score (nSPS) is 14.8. The lowest BCUT2D eigenvalue weighted by Gasteiger charge is -2.23. The molecule has 5 nitrogen and oxygen atoms in total. The number of rotatable bonds is 4. The number of carbonyl (C=O) groups excluding carboxylic acids is 1. The van der Waals surface area contributed by atoms with E-state index in [-0.39, 0.29) is 11.9 Å². The molecule has 7 heteroatoms. The number of piperidine rings is 1. The Balaban J connectivity index is 1.64. The Kier molecular flexibility index (Phi) is 5.67. The van der Waals surface area contributed by atoms with Crippen molar-refractivity contribution in [1.29, 1.82) is 0 Å². The third-order valence-corrected chi connectivity index (χ3v) is 5.45. The maximum Gasteiger partial charge on any atom is 0.271 e. The third-order valence-electron chi connectivity index (χ3n) is 4.89. The van der Waals surface area contributed by atoms with E-state index in [2.05, 4.69) is 20.6 Å². The van der Waals surface area contributed by atoms with E-state index in [1.165, 1.54) is 0 Å². The number of nitrogens with zero attached hydrogens (tertiary/aromatic N) is 1.